The molecule has 5 heteroatoms. The van der Waals surface area contributed by atoms with E-state index in [1.165, 1.54) is 0 Å². The van der Waals surface area contributed by atoms with E-state index in [4.69, 9.17) is 4.74 Å². The molecule has 5 nitrogen and oxygen atoms in total. The topological polar surface area (TPSA) is 72.3 Å². The number of pyridine rings is 2. The fourth-order valence-corrected chi connectivity index (χ4v) is 5.34. The van der Waals surface area contributed by atoms with Gasteiger partial charge >= 0.3 is 5.97 Å². The molecule has 152 valence electrons. The maximum absolute atomic E-state index is 12.4. The molecule has 3 heterocycles. The number of carbonyl (C=O) groups excluding carboxylic acids is 1. The largest absolute Gasteiger partial charge is 0.460 e. The van der Waals surface area contributed by atoms with E-state index < -0.39 is 11.6 Å². The number of cyclic esters (lactones) is 1. The number of ether oxygens (including phenoxy) is 1. The van der Waals surface area contributed by atoms with Crippen molar-refractivity contribution in [1.82, 2.24) is 9.97 Å². The second-order valence-corrected chi connectivity index (χ2v) is 8.44. The van der Waals surface area contributed by atoms with Gasteiger partial charge in [-0.05, 0) is 61.4 Å². The lowest BCUT2D eigenvalue weighted by Crippen LogP contribution is -2.53. The first kappa shape index (κ1) is 19.8. The van der Waals surface area contributed by atoms with Crippen molar-refractivity contribution < 1.29 is 14.6 Å². The van der Waals surface area contributed by atoms with Crippen molar-refractivity contribution in [1.29, 1.82) is 0 Å². The zero-order valence-corrected chi connectivity index (χ0v) is 17.2. The Kier molecular flexibility index (Phi) is 5.26. The summed E-state index contributed by atoms with van der Waals surface area (Å²) in [5, 5.41) is 11.1. The Labute approximate surface area is 171 Å². The van der Waals surface area contributed by atoms with Gasteiger partial charge in [-0.2, -0.15) is 0 Å². The number of nitrogens with zero attached hydrogens (tertiary/aromatic N) is 2. The summed E-state index contributed by atoms with van der Waals surface area (Å²) in [6.45, 7) is 6.19. The summed E-state index contributed by atoms with van der Waals surface area (Å²) in [5.74, 6) is 0.00908. The second kappa shape index (κ2) is 7.71. The van der Waals surface area contributed by atoms with Crippen LogP contribution in [-0.4, -0.2) is 32.7 Å². The molecule has 1 saturated carbocycles. The average Bonchev–Trinajstić information content (AvgIpc) is 2.95. The molecule has 6 unspecified atom stereocenters. The summed E-state index contributed by atoms with van der Waals surface area (Å²) in [4.78, 5) is 21.3. The third-order valence-electron chi connectivity index (χ3n) is 6.68. The van der Waals surface area contributed by atoms with Gasteiger partial charge in [0.25, 0.3) is 0 Å². The molecule has 1 N–H and O–H groups in total. The number of hydrogen-bond acceptors (Lipinski definition) is 5. The molecule has 1 aliphatic heterocycles. The highest BCUT2D eigenvalue weighted by Crippen LogP contribution is 2.52. The van der Waals surface area contributed by atoms with E-state index in [1.807, 2.05) is 49.5 Å². The Morgan fingerprint density at radius 3 is 2.72 bits per heavy atom. The van der Waals surface area contributed by atoms with Crippen molar-refractivity contribution in [2.45, 2.75) is 45.3 Å². The van der Waals surface area contributed by atoms with Gasteiger partial charge < -0.3 is 9.84 Å². The number of carbonyl (C=O) groups is 1. The van der Waals surface area contributed by atoms with Gasteiger partial charge in [0.05, 0.1) is 11.4 Å². The maximum atomic E-state index is 12.4. The van der Waals surface area contributed by atoms with Crippen LogP contribution in [0.1, 0.15) is 39.3 Å². The first-order chi connectivity index (χ1) is 13.9. The fourth-order valence-electron chi connectivity index (χ4n) is 5.34. The van der Waals surface area contributed by atoms with E-state index >= 15 is 0 Å². The Hall–Kier alpha value is -2.53. The predicted octanol–water partition coefficient (Wildman–Crippen LogP) is 4.13. The van der Waals surface area contributed by atoms with Crippen molar-refractivity contribution in [2.24, 2.45) is 23.7 Å². The molecule has 1 aliphatic carbocycles. The molecule has 2 aromatic rings. The van der Waals surface area contributed by atoms with Gasteiger partial charge in [-0.3, -0.25) is 9.97 Å². The first-order valence-corrected chi connectivity index (χ1v) is 10.4. The quantitative estimate of drug-likeness (QED) is 0.792. The van der Waals surface area contributed by atoms with E-state index in [0.717, 1.165) is 23.4 Å². The zero-order valence-electron chi connectivity index (χ0n) is 17.2. The molecule has 0 bridgehead atoms. The van der Waals surface area contributed by atoms with E-state index in [1.54, 1.807) is 6.20 Å². The van der Waals surface area contributed by atoms with Crippen LogP contribution in [0.5, 0.6) is 0 Å². The van der Waals surface area contributed by atoms with Crippen LogP contribution in [-0.2, 0) is 9.53 Å². The van der Waals surface area contributed by atoms with Crippen LogP contribution >= 0.6 is 0 Å². The lowest BCUT2D eigenvalue weighted by molar-refractivity contribution is -0.160. The van der Waals surface area contributed by atoms with Crippen molar-refractivity contribution >= 4 is 12.0 Å². The van der Waals surface area contributed by atoms with E-state index in [0.29, 0.717) is 12.3 Å². The number of aromatic nitrogens is 2. The van der Waals surface area contributed by atoms with Crippen molar-refractivity contribution in [2.75, 3.05) is 0 Å². The molecule has 0 aromatic carbocycles. The van der Waals surface area contributed by atoms with Gasteiger partial charge in [0, 0.05) is 23.9 Å². The van der Waals surface area contributed by atoms with Gasteiger partial charge in [-0.15, -0.1) is 0 Å². The minimum absolute atomic E-state index is 0.0625. The van der Waals surface area contributed by atoms with Gasteiger partial charge in [-0.1, -0.05) is 32.4 Å². The normalized spacial score (nSPS) is 34.2. The van der Waals surface area contributed by atoms with Crippen molar-refractivity contribution in [3.05, 3.63) is 54.5 Å². The second-order valence-electron chi connectivity index (χ2n) is 8.44. The molecule has 0 spiro atoms. The van der Waals surface area contributed by atoms with Crippen LogP contribution in [0.4, 0.5) is 0 Å². The predicted molar refractivity (Wildman–Crippen MR) is 112 cm³/mol. The molecule has 29 heavy (non-hydrogen) atoms. The molecule has 1 saturated heterocycles. The molecule has 2 aliphatic rings. The number of aliphatic hydroxyl groups is 1. The van der Waals surface area contributed by atoms with Crippen LogP contribution in [0.3, 0.4) is 0 Å². The number of hydrogen-bond donors (Lipinski definition) is 1. The maximum Gasteiger partial charge on any atom is 0.338 e. The molecular formula is C24H28N2O3. The van der Waals surface area contributed by atoms with Crippen molar-refractivity contribution in [3.63, 3.8) is 0 Å². The summed E-state index contributed by atoms with van der Waals surface area (Å²) in [6.07, 6.45) is 8.90. The summed E-state index contributed by atoms with van der Waals surface area (Å²) in [5.41, 5.74) is 1.33. The van der Waals surface area contributed by atoms with Crippen LogP contribution in [0, 0.1) is 23.7 Å². The minimum Gasteiger partial charge on any atom is -0.460 e. The Morgan fingerprint density at radius 1 is 1.24 bits per heavy atom. The highest BCUT2D eigenvalue weighted by atomic mass is 16.6. The number of esters is 1. The summed E-state index contributed by atoms with van der Waals surface area (Å²) in [6, 6.07) is 9.79. The van der Waals surface area contributed by atoms with E-state index in [-0.39, 0.29) is 23.9 Å². The van der Waals surface area contributed by atoms with Gasteiger partial charge in [0.2, 0.25) is 0 Å². The Morgan fingerprint density at radius 2 is 2.07 bits per heavy atom. The molecule has 2 fully saturated rings. The van der Waals surface area contributed by atoms with Crippen LogP contribution in [0.15, 0.2) is 48.8 Å². The summed E-state index contributed by atoms with van der Waals surface area (Å²) >= 11 is 0. The summed E-state index contributed by atoms with van der Waals surface area (Å²) < 4.78 is 5.45. The third-order valence-corrected chi connectivity index (χ3v) is 6.68. The van der Waals surface area contributed by atoms with Crippen LogP contribution in [0.25, 0.3) is 17.3 Å². The zero-order chi connectivity index (χ0) is 20.6. The van der Waals surface area contributed by atoms with Crippen LogP contribution < -0.4 is 0 Å². The molecule has 4 rings (SSSR count). The monoisotopic (exact) mass is 392 g/mol. The van der Waals surface area contributed by atoms with Gasteiger partial charge in [0.15, 0.2) is 5.60 Å². The van der Waals surface area contributed by atoms with Gasteiger partial charge in [-0.25, -0.2) is 4.79 Å². The first-order valence-electron chi connectivity index (χ1n) is 10.4. The van der Waals surface area contributed by atoms with Crippen LogP contribution in [0.2, 0.25) is 0 Å². The standard InChI is InChI=1S/C24H28N2O3/c1-4-19-15(2)13-24(28)22(16(3)29-23(24)27)20(19)11-10-18-9-8-17(14-26-18)21-7-5-6-12-25-21/h5-12,14-16,19-20,22,28H,4,13H2,1-3H3/b11-10+. The Bertz CT molecular complexity index is 896. The molecule has 6 atom stereocenters. The Balaban J connectivity index is 1.60. The van der Waals surface area contributed by atoms with Gasteiger partial charge in [0.1, 0.15) is 6.10 Å². The van der Waals surface area contributed by atoms with E-state index in [2.05, 4.69) is 29.9 Å². The average molecular weight is 392 g/mol. The highest BCUT2D eigenvalue weighted by molar-refractivity contribution is 5.82. The number of allylic oxidation sites excluding steroid dienone is 1. The number of rotatable bonds is 4. The molecular weight excluding hydrogens is 364 g/mol. The highest BCUT2D eigenvalue weighted by Gasteiger charge is 2.62. The summed E-state index contributed by atoms with van der Waals surface area (Å²) in [7, 11) is 0. The fraction of sp³-hybridized carbons (Fsp3) is 0.458. The molecule has 0 radical (unpaired) electrons. The smallest absolute Gasteiger partial charge is 0.338 e. The SMILES string of the molecule is CCC1C(C)CC2(O)C(=O)OC(C)C2C1/C=C/c1ccc(-c2ccccn2)cn1. The molecule has 0 amide bonds. The number of fused-ring (bicyclic) bond motifs is 1. The minimum atomic E-state index is -1.38. The van der Waals surface area contributed by atoms with E-state index in [9.17, 15) is 9.90 Å². The lowest BCUT2D eigenvalue weighted by atomic mass is 9.59. The molecule has 2 aromatic heterocycles. The third kappa shape index (κ3) is 3.48. The van der Waals surface area contributed by atoms with Crippen molar-refractivity contribution in [3.8, 4) is 11.3 Å². The lowest BCUT2D eigenvalue weighted by Gasteiger charge is -2.45.